The van der Waals surface area contributed by atoms with Crippen molar-refractivity contribution in [2.24, 2.45) is 0 Å². The Morgan fingerprint density at radius 1 is 1.29 bits per heavy atom. The number of para-hydroxylation sites is 2. The molecule has 3 aromatic rings. The van der Waals surface area contributed by atoms with E-state index >= 15 is 0 Å². The zero-order chi connectivity index (χ0) is 14.2. The Morgan fingerprint density at radius 3 is 2.90 bits per heavy atom. The molecule has 1 fully saturated rings. The highest BCUT2D eigenvalue weighted by molar-refractivity contribution is 7.98. The molecule has 7 heteroatoms. The summed E-state index contributed by atoms with van der Waals surface area (Å²) < 4.78 is 2.06. The lowest BCUT2D eigenvalue weighted by Crippen LogP contribution is -2.03. The number of fused-ring (bicyclic) bond motifs is 1. The fraction of sp³-hybridized carbons (Fsp3) is 0.357. The number of nitrogens with zero attached hydrogens (tertiary/aromatic N) is 4. The van der Waals surface area contributed by atoms with Crippen LogP contribution in [0.2, 0.25) is 0 Å². The largest absolute Gasteiger partial charge is 0.388 e. The molecular weight excluding hydrogens is 286 g/mol. The van der Waals surface area contributed by atoms with Gasteiger partial charge in [-0.25, -0.2) is 4.98 Å². The first-order valence-electron chi connectivity index (χ1n) is 6.96. The van der Waals surface area contributed by atoms with Crippen LogP contribution < -0.4 is 0 Å². The maximum Gasteiger partial charge on any atom is 0.191 e. The Hall–Kier alpha value is -1.86. The molecule has 1 aromatic carbocycles. The molecule has 4 rings (SSSR count). The van der Waals surface area contributed by atoms with Gasteiger partial charge in [-0.2, -0.15) is 0 Å². The molecule has 1 aliphatic rings. The highest BCUT2D eigenvalue weighted by atomic mass is 32.2. The van der Waals surface area contributed by atoms with Crippen LogP contribution in [0.5, 0.6) is 0 Å². The molecule has 2 aromatic heterocycles. The van der Waals surface area contributed by atoms with Crippen molar-refractivity contribution in [3.63, 3.8) is 0 Å². The molecule has 0 radical (unpaired) electrons. The summed E-state index contributed by atoms with van der Waals surface area (Å²) in [5.74, 6) is 2.30. The van der Waals surface area contributed by atoms with Gasteiger partial charge in [0.1, 0.15) is 12.4 Å². The molecule has 0 atom stereocenters. The summed E-state index contributed by atoms with van der Waals surface area (Å²) in [5, 5.41) is 18.5. The minimum atomic E-state index is -0.0608. The van der Waals surface area contributed by atoms with E-state index in [-0.39, 0.29) is 6.61 Å². The third-order valence-corrected chi connectivity index (χ3v) is 4.52. The molecule has 6 nitrogen and oxygen atoms in total. The van der Waals surface area contributed by atoms with E-state index < -0.39 is 0 Å². The van der Waals surface area contributed by atoms with Crippen LogP contribution in [0.15, 0.2) is 29.4 Å². The maximum absolute atomic E-state index is 9.34. The summed E-state index contributed by atoms with van der Waals surface area (Å²) in [6.07, 6.45) is 2.28. The molecule has 108 valence electrons. The first kappa shape index (κ1) is 12.8. The number of benzene rings is 1. The van der Waals surface area contributed by atoms with E-state index in [1.807, 2.05) is 24.3 Å². The number of thioether (sulfide) groups is 1. The molecule has 0 aliphatic heterocycles. The molecule has 2 heterocycles. The van der Waals surface area contributed by atoms with E-state index in [1.54, 1.807) is 11.8 Å². The Morgan fingerprint density at radius 2 is 2.14 bits per heavy atom. The number of aliphatic hydroxyl groups is 1. The van der Waals surface area contributed by atoms with Gasteiger partial charge in [0, 0.05) is 6.04 Å². The average molecular weight is 301 g/mol. The van der Waals surface area contributed by atoms with Crippen molar-refractivity contribution in [1.29, 1.82) is 0 Å². The Kier molecular flexibility index (Phi) is 3.16. The number of rotatable bonds is 5. The summed E-state index contributed by atoms with van der Waals surface area (Å²) in [5.41, 5.74) is 2.03. The fourth-order valence-electron chi connectivity index (χ4n) is 2.42. The topological polar surface area (TPSA) is 79.6 Å². The molecule has 0 bridgehead atoms. The average Bonchev–Trinajstić information content (AvgIpc) is 3.13. The Bertz CT molecular complexity index is 744. The van der Waals surface area contributed by atoms with Gasteiger partial charge in [-0.05, 0) is 25.0 Å². The predicted octanol–water partition coefficient (Wildman–Crippen LogP) is 2.27. The highest BCUT2D eigenvalue weighted by Gasteiger charge is 2.29. The van der Waals surface area contributed by atoms with Crippen molar-refractivity contribution in [3.05, 3.63) is 35.9 Å². The Balaban J connectivity index is 1.55. The summed E-state index contributed by atoms with van der Waals surface area (Å²) in [4.78, 5) is 7.87. The van der Waals surface area contributed by atoms with Crippen LogP contribution in [0.25, 0.3) is 11.0 Å². The van der Waals surface area contributed by atoms with Gasteiger partial charge in [0.2, 0.25) is 0 Å². The molecule has 2 N–H and O–H groups in total. The van der Waals surface area contributed by atoms with Gasteiger partial charge in [-0.3, -0.25) is 0 Å². The lowest BCUT2D eigenvalue weighted by Gasteiger charge is -2.06. The number of hydrogen-bond donors (Lipinski definition) is 2. The molecule has 0 spiro atoms. The molecule has 0 saturated heterocycles. The molecule has 1 saturated carbocycles. The summed E-state index contributed by atoms with van der Waals surface area (Å²) in [6.45, 7) is -0.0608. The normalized spacial score (nSPS) is 14.9. The summed E-state index contributed by atoms with van der Waals surface area (Å²) >= 11 is 1.60. The molecule has 1 aliphatic carbocycles. The lowest BCUT2D eigenvalue weighted by atomic mass is 10.3. The van der Waals surface area contributed by atoms with Gasteiger partial charge >= 0.3 is 0 Å². The summed E-state index contributed by atoms with van der Waals surface area (Å²) in [7, 11) is 0. The predicted molar refractivity (Wildman–Crippen MR) is 79.9 cm³/mol. The van der Waals surface area contributed by atoms with Crippen LogP contribution in [0.4, 0.5) is 0 Å². The SMILES string of the molecule is OCc1nnc(SCc2nc3ccccc3[nH]2)n1C1CC1. The lowest BCUT2D eigenvalue weighted by molar-refractivity contribution is 0.263. The number of aromatic nitrogens is 5. The molecule has 0 amide bonds. The maximum atomic E-state index is 9.34. The van der Waals surface area contributed by atoms with Gasteiger partial charge in [-0.15, -0.1) is 10.2 Å². The summed E-state index contributed by atoms with van der Waals surface area (Å²) in [6, 6.07) is 8.45. The molecule has 21 heavy (non-hydrogen) atoms. The third kappa shape index (κ3) is 2.43. The van der Waals surface area contributed by atoms with Gasteiger partial charge in [0.15, 0.2) is 11.0 Å². The van der Waals surface area contributed by atoms with Crippen LogP contribution in [-0.4, -0.2) is 29.8 Å². The number of aliphatic hydroxyl groups excluding tert-OH is 1. The van der Waals surface area contributed by atoms with Crippen molar-refractivity contribution in [2.45, 2.75) is 36.4 Å². The second kappa shape index (κ2) is 5.16. The van der Waals surface area contributed by atoms with Gasteiger partial charge in [-0.1, -0.05) is 23.9 Å². The van der Waals surface area contributed by atoms with Crippen molar-refractivity contribution < 1.29 is 5.11 Å². The van der Waals surface area contributed by atoms with E-state index in [1.165, 1.54) is 0 Å². The van der Waals surface area contributed by atoms with Crippen molar-refractivity contribution in [2.75, 3.05) is 0 Å². The smallest absolute Gasteiger partial charge is 0.191 e. The first-order valence-corrected chi connectivity index (χ1v) is 7.95. The minimum absolute atomic E-state index is 0.0608. The van der Waals surface area contributed by atoms with Crippen LogP contribution >= 0.6 is 11.8 Å². The van der Waals surface area contributed by atoms with E-state index in [9.17, 15) is 5.11 Å². The van der Waals surface area contributed by atoms with Gasteiger partial charge in [0.05, 0.1) is 16.8 Å². The van der Waals surface area contributed by atoms with Gasteiger partial charge in [0.25, 0.3) is 0 Å². The Labute approximate surface area is 125 Å². The standard InChI is InChI=1S/C14H15N5OS/c20-7-13-17-18-14(19(13)9-5-6-9)21-8-12-15-10-3-1-2-4-11(10)16-12/h1-4,9,20H,5-8H2,(H,15,16). The second-order valence-corrected chi connectivity index (χ2v) is 6.09. The van der Waals surface area contributed by atoms with Crippen molar-refractivity contribution >= 4 is 22.8 Å². The van der Waals surface area contributed by atoms with Crippen LogP contribution in [0.1, 0.15) is 30.5 Å². The fourth-order valence-corrected chi connectivity index (χ4v) is 3.31. The third-order valence-electron chi connectivity index (χ3n) is 3.56. The van der Waals surface area contributed by atoms with E-state index in [0.717, 1.165) is 34.9 Å². The first-order chi connectivity index (χ1) is 10.3. The quantitative estimate of drug-likeness (QED) is 0.707. The van der Waals surface area contributed by atoms with Gasteiger partial charge < -0.3 is 14.7 Å². The van der Waals surface area contributed by atoms with Crippen LogP contribution in [0.3, 0.4) is 0 Å². The van der Waals surface area contributed by atoms with Crippen LogP contribution in [-0.2, 0) is 12.4 Å². The minimum Gasteiger partial charge on any atom is -0.388 e. The molecule has 0 unspecified atom stereocenters. The number of hydrogen-bond acceptors (Lipinski definition) is 5. The van der Waals surface area contributed by atoms with E-state index in [4.69, 9.17) is 0 Å². The number of imidazole rings is 1. The zero-order valence-corrected chi connectivity index (χ0v) is 12.2. The van der Waals surface area contributed by atoms with Crippen LogP contribution in [0, 0.1) is 0 Å². The number of H-pyrrole nitrogens is 1. The second-order valence-electron chi connectivity index (χ2n) is 5.15. The monoisotopic (exact) mass is 301 g/mol. The highest BCUT2D eigenvalue weighted by Crippen LogP contribution is 2.39. The van der Waals surface area contributed by atoms with E-state index in [2.05, 4.69) is 24.7 Å². The van der Waals surface area contributed by atoms with E-state index in [0.29, 0.717) is 17.6 Å². The zero-order valence-electron chi connectivity index (χ0n) is 11.4. The number of nitrogens with one attached hydrogen (secondary N) is 1. The number of aromatic amines is 1. The van der Waals surface area contributed by atoms with Crippen molar-refractivity contribution in [3.8, 4) is 0 Å². The molecular formula is C14H15N5OS. The van der Waals surface area contributed by atoms with Crippen molar-refractivity contribution in [1.82, 2.24) is 24.7 Å².